The number of carbonyl (C=O) groups is 4. The van der Waals surface area contributed by atoms with Crippen LogP contribution in [0.1, 0.15) is 64.5 Å². The SMILES string of the molecule is CC(C)N1C/C=C\CCC(=O)N(C)[C@H](C)[C@@H](c2ccccc2)OC(=O)[C@@H]2[C@H]3O[C@@]4(C=C3Br)[C@H](C1=O)N(CCCCCO)C(=O)[C@@H]24. The number of esters is 1. The summed E-state index contributed by atoms with van der Waals surface area (Å²) in [4.78, 5) is 61.4. The number of aliphatic hydroxyl groups excluding tert-OH is 1. The van der Waals surface area contributed by atoms with Gasteiger partial charge in [0, 0.05) is 43.7 Å². The number of halogens is 1. The number of unbranched alkanes of at least 4 members (excludes halogenated alkanes) is 2. The Morgan fingerprint density at radius 1 is 1.02 bits per heavy atom. The number of hydrogen-bond donors (Lipinski definition) is 1. The smallest absolute Gasteiger partial charge is 0.313 e. The zero-order chi connectivity index (χ0) is 32.5. The van der Waals surface area contributed by atoms with Gasteiger partial charge in [-0.3, -0.25) is 19.2 Å². The van der Waals surface area contributed by atoms with Crippen molar-refractivity contribution < 1.29 is 33.8 Å². The number of allylic oxidation sites excluding steroid dienone is 1. The fourth-order valence-electron chi connectivity index (χ4n) is 7.20. The number of benzene rings is 1. The van der Waals surface area contributed by atoms with E-state index >= 15 is 0 Å². The molecule has 2 fully saturated rings. The van der Waals surface area contributed by atoms with Crippen molar-refractivity contribution in [3.05, 3.63) is 58.6 Å². The van der Waals surface area contributed by atoms with E-state index < -0.39 is 47.7 Å². The van der Waals surface area contributed by atoms with Gasteiger partial charge < -0.3 is 29.3 Å². The second-order valence-electron chi connectivity index (χ2n) is 12.8. The van der Waals surface area contributed by atoms with E-state index in [0.717, 1.165) is 5.56 Å². The van der Waals surface area contributed by atoms with Crippen molar-refractivity contribution in [2.24, 2.45) is 11.8 Å². The largest absolute Gasteiger partial charge is 0.455 e. The molecule has 5 bridgehead atoms. The summed E-state index contributed by atoms with van der Waals surface area (Å²) >= 11 is 3.61. The molecular weight excluding hydrogens is 642 g/mol. The van der Waals surface area contributed by atoms with Gasteiger partial charge >= 0.3 is 5.97 Å². The molecule has 0 unspecified atom stereocenters. The topological polar surface area (TPSA) is 117 Å². The maximum atomic E-state index is 14.5. The normalized spacial score (nSPS) is 33.1. The predicted molar refractivity (Wildman–Crippen MR) is 171 cm³/mol. The minimum Gasteiger partial charge on any atom is -0.455 e. The van der Waals surface area contributed by atoms with E-state index in [-0.39, 0.29) is 36.8 Å². The molecule has 1 aromatic rings. The van der Waals surface area contributed by atoms with E-state index in [1.54, 1.807) is 21.7 Å². The molecule has 4 aliphatic rings. The molecule has 11 heteroatoms. The molecule has 45 heavy (non-hydrogen) atoms. The van der Waals surface area contributed by atoms with E-state index in [9.17, 15) is 24.3 Å². The van der Waals surface area contributed by atoms with Crippen LogP contribution < -0.4 is 0 Å². The van der Waals surface area contributed by atoms with E-state index in [1.807, 2.05) is 69.3 Å². The first-order valence-corrected chi connectivity index (χ1v) is 16.8. The number of likely N-dealkylation sites (N-methyl/N-ethyl adjacent to an activating group) is 1. The summed E-state index contributed by atoms with van der Waals surface area (Å²) in [6, 6.07) is 7.64. The molecule has 3 amide bonds. The van der Waals surface area contributed by atoms with Gasteiger partial charge in [0.05, 0.1) is 12.0 Å². The molecule has 7 atom stereocenters. The summed E-state index contributed by atoms with van der Waals surface area (Å²) in [6.45, 7) is 6.35. The van der Waals surface area contributed by atoms with Crippen molar-refractivity contribution in [1.82, 2.24) is 14.7 Å². The molecule has 4 aliphatic heterocycles. The number of cyclic esters (lactones) is 1. The van der Waals surface area contributed by atoms with Crippen LogP contribution in [0.25, 0.3) is 0 Å². The highest BCUT2D eigenvalue weighted by atomic mass is 79.9. The van der Waals surface area contributed by atoms with Crippen molar-refractivity contribution in [3.8, 4) is 0 Å². The van der Waals surface area contributed by atoms with Crippen molar-refractivity contribution in [1.29, 1.82) is 0 Å². The second kappa shape index (κ2) is 13.8. The van der Waals surface area contributed by atoms with Crippen LogP contribution in [0.3, 0.4) is 0 Å². The third kappa shape index (κ3) is 6.11. The van der Waals surface area contributed by atoms with Gasteiger partial charge in [-0.05, 0) is 58.1 Å². The number of hydrogen-bond acceptors (Lipinski definition) is 7. The first-order valence-electron chi connectivity index (χ1n) is 16.0. The van der Waals surface area contributed by atoms with Crippen molar-refractivity contribution in [2.45, 2.75) is 88.8 Å². The summed E-state index contributed by atoms with van der Waals surface area (Å²) in [5.41, 5.74) is -0.614. The number of amides is 3. The lowest BCUT2D eigenvalue weighted by Gasteiger charge is -2.37. The summed E-state index contributed by atoms with van der Waals surface area (Å²) < 4.78 is 13.5. The molecule has 0 saturated carbocycles. The van der Waals surface area contributed by atoms with Gasteiger partial charge in [-0.1, -0.05) is 58.4 Å². The molecule has 1 N–H and O–H groups in total. The number of aliphatic hydroxyl groups is 1. The Bertz CT molecular complexity index is 1350. The van der Waals surface area contributed by atoms with Gasteiger partial charge in [0.2, 0.25) is 17.7 Å². The number of nitrogens with zero attached hydrogens (tertiary/aromatic N) is 3. The first-order chi connectivity index (χ1) is 21.5. The maximum absolute atomic E-state index is 14.5. The number of likely N-dealkylation sites (tertiary alicyclic amines) is 1. The van der Waals surface area contributed by atoms with Crippen LogP contribution in [0.15, 0.2) is 53.0 Å². The Morgan fingerprint density at radius 2 is 1.76 bits per heavy atom. The van der Waals surface area contributed by atoms with Crippen molar-refractivity contribution in [2.75, 3.05) is 26.7 Å². The summed E-state index contributed by atoms with van der Waals surface area (Å²) in [5, 5.41) is 9.32. The monoisotopic (exact) mass is 685 g/mol. The predicted octanol–water partition coefficient (Wildman–Crippen LogP) is 3.74. The lowest BCUT2D eigenvalue weighted by molar-refractivity contribution is -0.164. The van der Waals surface area contributed by atoms with Crippen molar-refractivity contribution in [3.63, 3.8) is 0 Å². The van der Waals surface area contributed by atoms with Gasteiger partial charge in [-0.2, -0.15) is 0 Å². The van der Waals surface area contributed by atoms with Gasteiger partial charge in [-0.25, -0.2) is 0 Å². The number of fused-ring (bicyclic) bond motifs is 2. The molecule has 2 saturated heterocycles. The van der Waals surface area contributed by atoms with E-state index in [0.29, 0.717) is 43.3 Å². The molecule has 1 aromatic carbocycles. The fraction of sp³-hybridized carbons (Fsp3) is 0.588. The highest BCUT2D eigenvalue weighted by Gasteiger charge is 2.75. The Morgan fingerprint density at radius 3 is 2.44 bits per heavy atom. The maximum Gasteiger partial charge on any atom is 0.313 e. The highest BCUT2D eigenvalue weighted by Crippen LogP contribution is 2.59. The molecule has 1 spiro atoms. The average Bonchev–Trinajstić information content (AvgIpc) is 3.61. The third-order valence-electron chi connectivity index (χ3n) is 9.70. The summed E-state index contributed by atoms with van der Waals surface area (Å²) in [6.07, 6.45) is 6.66. The number of carbonyl (C=O) groups excluding carboxylic acids is 4. The molecule has 4 heterocycles. The first kappa shape index (κ1) is 33.3. The summed E-state index contributed by atoms with van der Waals surface area (Å²) in [5.74, 6) is -3.20. The van der Waals surface area contributed by atoms with Gasteiger partial charge in [-0.15, -0.1) is 0 Å². The molecule has 5 rings (SSSR count). The number of ether oxygens (including phenoxy) is 2. The quantitative estimate of drug-likeness (QED) is 0.264. The van der Waals surface area contributed by atoms with Gasteiger partial charge in [0.15, 0.2) is 0 Å². The summed E-state index contributed by atoms with van der Waals surface area (Å²) in [7, 11) is 1.71. The lowest BCUT2D eigenvalue weighted by atomic mass is 9.74. The van der Waals surface area contributed by atoms with Crippen LogP contribution in [0, 0.1) is 11.8 Å². The Labute approximate surface area is 273 Å². The van der Waals surface area contributed by atoms with Crippen LogP contribution in [0.2, 0.25) is 0 Å². The average molecular weight is 687 g/mol. The highest BCUT2D eigenvalue weighted by molar-refractivity contribution is 9.11. The molecule has 0 aliphatic carbocycles. The Kier molecular flexibility index (Phi) is 10.2. The molecule has 0 aromatic heterocycles. The van der Waals surface area contributed by atoms with Crippen LogP contribution >= 0.6 is 15.9 Å². The standard InChI is InChI=1S/C34H44BrN3O7/c1-21(2)37-17-11-6-10-16-25(40)36(4)22(3)28(23-14-8-5-9-15-23)44-33(43)26-27-31(41)38(18-12-7-13-19-39)30(32(37)42)34(27)20-24(35)29(26)45-34/h5-6,8-9,11,14-15,20-22,26-30,39H,7,10,12-13,16-19H2,1-4H3/b11-6-/t22-,26+,27-,28+,29+,30+,34-/m1/s1. The van der Waals surface area contributed by atoms with Crippen LogP contribution in [0.5, 0.6) is 0 Å². The minimum atomic E-state index is -1.34. The minimum absolute atomic E-state index is 0.0481. The fourth-order valence-corrected chi connectivity index (χ4v) is 7.94. The van der Waals surface area contributed by atoms with Crippen LogP contribution in [-0.2, 0) is 28.7 Å². The van der Waals surface area contributed by atoms with E-state index in [4.69, 9.17) is 9.47 Å². The van der Waals surface area contributed by atoms with Gasteiger partial charge in [0.1, 0.15) is 29.8 Å². The van der Waals surface area contributed by atoms with Gasteiger partial charge in [0.25, 0.3) is 0 Å². The van der Waals surface area contributed by atoms with Crippen molar-refractivity contribution >= 4 is 39.6 Å². The Balaban J connectivity index is 1.60. The molecule has 10 nitrogen and oxygen atoms in total. The lowest BCUT2D eigenvalue weighted by Crippen LogP contribution is -2.57. The molecular formula is C34H44BrN3O7. The molecule has 0 radical (unpaired) electrons. The zero-order valence-corrected chi connectivity index (χ0v) is 28.0. The van der Waals surface area contributed by atoms with E-state index in [1.165, 1.54) is 0 Å². The third-order valence-corrected chi connectivity index (χ3v) is 10.4. The van der Waals surface area contributed by atoms with E-state index in [2.05, 4.69) is 15.9 Å². The van der Waals surface area contributed by atoms with Crippen LogP contribution in [-0.4, -0.2) is 100 Å². The number of rotatable bonds is 7. The molecule has 244 valence electrons. The second-order valence-corrected chi connectivity index (χ2v) is 13.7. The Hall–Kier alpha value is -3.02. The van der Waals surface area contributed by atoms with Crippen LogP contribution in [0.4, 0.5) is 0 Å². The zero-order valence-electron chi connectivity index (χ0n) is 26.4.